The molecule has 1 saturated heterocycles. The molecule has 2 fully saturated rings. The van der Waals surface area contributed by atoms with Crippen molar-refractivity contribution in [3.8, 4) is 0 Å². The highest BCUT2D eigenvalue weighted by molar-refractivity contribution is 7.09. The van der Waals surface area contributed by atoms with E-state index in [4.69, 9.17) is 13.6 Å². The number of fused-ring (bicyclic) bond motifs is 1. The number of aromatic nitrogens is 1. The van der Waals surface area contributed by atoms with Crippen LogP contribution in [-0.4, -0.2) is 51.7 Å². The maximum absolute atomic E-state index is 14.9. The molecule has 1 saturated carbocycles. The van der Waals surface area contributed by atoms with E-state index in [9.17, 15) is 9.59 Å². The van der Waals surface area contributed by atoms with E-state index < -0.39 is 28.2 Å². The number of hydrogen-bond donors (Lipinski definition) is 0. The van der Waals surface area contributed by atoms with Crippen LogP contribution in [0.15, 0.2) is 11.0 Å². The molecule has 1 aliphatic heterocycles. The number of ketones is 1. The molecule has 0 amide bonds. The number of esters is 1. The van der Waals surface area contributed by atoms with Crippen molar-refractivity contribution < 1.29 is 23.2 Å². The second-order valence-electron chi connectivity index (χ2n) is 19.2. The minimum atomic E-state index is -2.38. The molecule has 0 N–H and O–H groups in total. The molecule has 1 aromatic rings. The topological polar surface area (TPSA) is 74.7 Å². The highest BCUT2D eigenvalue weighted by atomic mass is 32.1. The van der Waals surface area contributed by atoms with Gasteiger partial charge in [0.25, 0.3) is 0 Å². The van der Waals surface area contributed by atoms with Crippen LogP contribution in [0.4, 0.5) is 0 Å². The molecular weight excluding hydrogens is 663 g/mol. The third-order valence-electron chi connectivity index (χ3n) is 12.9. The lowest BCUT2D eigenvalue weighted by molar-refractivity contribution is -0.154. The van der Waals surface area contributed by atoms with E-state index in [-0.39, 0.29) is 52.3 Å². The molecule has 280 valence electrons. The smallest absolute Gasteiger partial charge is 0.309 e. The molecule has 0 bridgehead atoms. The number of ether oxygens (including phenoxy) is 1. The predicted molar refractivity (Wildman–Crippen MR) is 211 cm³/mol. The average molecular weight is 734 g/mol. The molecule has 1 aliphatic carbocycles. The van der Waals surface area contributed by atoms with Gasteiger partial charge in [0.1, 0.15) is 11.9 Å². The van der Waals surface area contributed by atoms with Crippen LogP contribution in [0.5, 0.6) is 0 Å². The van der Waals surface area contributed by atoms with Crippen molar-refractivity contribution in [2.45, 2.75) is 183 Å². The second kappa shape index (κ2) is 15.8. The summed E-state index contributed by atoms with van der Waals surface area (Å²) in [6, 6.07) is 0. The quantitative estimate of drug-likeness (QED) is 0.214. The van der Waals surface area contributed by atoms with Crippen molar-refractivity contribution in [1.82, 2.24) is 4.98 Å². The van der Waals surface area contributed by atoms with Gasteiger partial charge in [0, 0.05) is 16.7 Å². The lowest BCUT2D eigenvalue weighted by atomic mass is 9.68. The number of carbonyl (C=O) groups is 2. The van der Waals surface area contributed by atoms with Gasteiger partial charge in [-0.15, -0.1) is 11.3 Å². The molecule has 3 rings (SSSR count). The van der Waals surface area contributed by atoms with Gasteiger partial charge in [-0.05, 0) is 105 Å². The molecule has 49 heavy (non-hydrogen) atoms. The first kappa shape index (κ1) is 42.3. The maximum Gasteiger partial charge on any atom is 0.309 e. The molecule has 6 nitrogen and oxygen atoms in total. The summed E-state index contributed by atoms with van der Waals surface area (Å²) < 4.78 is 20.7. The molecule has 2 heterocycles. The third-order valence-corrected chi connectivity index (χ3v) is 22.6. The first-order valence-electron chi connectivity index (χ1n) is 19.0. The monoisotopic (exact) mass is 733 g/mol. The van der Waals surface area contributed by atoms with Crippen LogP contribution in [0.25, 0.3) is 6.08 Å². The summed E-state index contributed by atoms with van der Waals surface area (Å²) in [7, 11) is -4.57. The summed E-state index contributed by atoms with van der Waals surface area (Å²) in [6.07, 6.45) is 7.50. The molecular formula is C40H71NO5SSi2. The summed E-state index contributed by atoms with van der Waals surface area (Å²) in [5.41, 5.74) is 1.00. The van der Waals surface area contributed by atoms with E-state index in [2.05, 4.69) is 105 Å². The van der Waals surface area contributed by atoms with Crippen molar-refractivity contribution in [1.29, 1.82) is 0 Å². The highest BCUT2D eigenvalue weighted by Gasteiger charge is 2.50. The number of nitrogens with zero attached hydrogens (tertiary/aromatic N) is 1. The molecule has 0 radical (unpaired) electrons. The van der Waals surface area contributed by atoms with Crippen LogP contribution in [-0.2, 0) is 23.2 Å². The summed E-state index contributed by atoms with van der Waals surface area (Å²) in [6.45, 7) is 34.8. The van der Waals surface area contributed by atoms with Gasteiger partial charge in [0.05, 0.1) is 29.3 Å². The lowest BCUT2D eigenvalue weighted by Crippen LogP contribution is -2.54. The van der Waals surface area contributed by atoms with Gasteiger partial charge in [-0.25, -0.2) is 4.98 Å². The Balaban J connectivity index is 2.08. The van der Waals surface area contributed by atoms with Crippen LogP contribution in [0.3, 0.4) is 0 Å². The van der Waals surface area contributed by atoms with E-state index in [0.717, 1.165) is 42.0 Å². The standard InChI is InChI=1S/C40H71NO5SSi2/c1-26-18-17-19-30-20-21-31(30)23-33(27(2)22-32-25-47-29(4)41-32)44-35(42)24-34(45-48(13,14)38(5,6)7)40(11,12)37(43)28(3)36(26)46-49(15,16)39(8,9)10/h22,25-26,28,30-31,33-34,36H,17-21,23-24H2,1-16H3/b27-22+/t26-,28+,30+,31-,33-,34-,36?/m0/s1. The van der Waals surface area contributed by atoms with Crippen molar-refractivity contribution in [2.75, 3.05) is 0 Å². The number of hydrogen-bond acceptors (Lipinski definition) is 7. The lowest BCUT2D eigenvalue weighted by Gasteiger charge is -2.46. The summed E-state index contributed by atoms with van der Waals surface area (Å²) in [4.78, 5) is 33.7. The van der Waals surface area contributed by atoms with Gasteiger partial charge >= 0.3 is 5.97 Å². The van der Waals surface area contributed by atoms with Gasteiger partial charge < -0.3 is 13.6 Å². The first-order valence-corrected chi connectivity index (χ1v) is 25.7. The Bertz CT molecular complexity index is 1320. The van der Waals surface area contributed by atoms with Gasteiger partial charge in [-0.1, -0.05) is 82.1 Å². The van der Waals surface area contributed by atoms with Crippen molar-refractivity contribution >= 4 is 45.8 Å². The molecule has 7 atom stereocenters. The van der Waals surface area contributed by atoms with Gasteiger partial charge in [0.2, 0.25) is 0 Å². The molecule has 0 spiro atoms. The summed E-state index contributed by atoms with van der Waals surface area (Å²) in [5.74, 6) is 0.858. The fraction of sp³-hybridized carbons (Fsp3) is 0.825. The number of thiazole rings is 1. The molecule has 2 aliphatic rings. The molecule has 0 aromatic carbocycles. The van der Waals surface area contributed by atoms with Crippen LogP contribution >= 0.6 is 11.3 Å². The minimum absolute atomic E-state index is 0.0264. The van der Waals surface area contributed by atoms with Crippen molar-refractivity contribution in [3.05, 3.63) is 21.7 Å². The van der Waals surface area contributed by atoms with E-state index in [1.165, 1.54) is 12.8 Å². The van der Waals surface area contributed by atoms with Gasteiger partial charge in [0.15, 0.2) is 16.6 Å². The van der Waals surface area contributed by atoms with Crippen molar-refractivity contribution in [3.63, 3.8) is 0 Å². The van der Waals surface area contributed by atoms with E-state index in [1.807, 2.05) is 20.8 Å². The first-order chi connectivity index (χ1) is 22.3. The van der Waals surface area contributed by atoms with E-state index >= 15 is 0 Å². The number of Topliss-reactive ketones (excluding diaryl/α,β-unsaturated/α-hetero) is 1. The summed E-state index contributed by atoms with van der Waals surface area (Å²) >= 11 is 1.63. The maximum atomic E-state index is 14.9. The zero-order chi connectivity index (χ0) is 37.3. The van der Waals surface area contributed by atoms with Gasteiger partial charge in [-0.2, -0.15) is 0 Å². The van der Waals surface area contributed by atoms with Crippen molar-refractivity contribution in [2.24, 2.45) is 29.1 Å². The van der Waals surface area contributed by atoms with E-state index in [0.29, 0.717) is 11.8 Å². The molecule has 1 aromatic heterocycles. The SMILES string of the molecule is C/C(=C\c1csc(C)n1)[C@@H]1C[C@@H]2CC[C@H]2CCC[C@H](C)C(O[Si](C)(C)C(C)(C)C)[C@@H](C)C(=O)C(C)(C)[C@@H](O[Si](C)(C)C(C)(C)C)CC(=O)O1. The Morgan fingerprint density at radius 2 is 1.51 bits per heavy atom. The largest absolute Gasteiger partial charge is 0.458 e. The predicted octanol–water partition coefficient (Wildman–Crippen LogP) is 11.4. The fourth-order valence-electron chi connectivity index (χ4n) is 7.03. The number of carbonyl (C=O) groups excluding carboxylic acids is 2. The zero-order valence-electron chi connectivity index (χ0n) is 34.0. The van der Waals surface area contributed by atoms with E-state index in [1.54, 1.807) is 11.3 Å². The average Bonchev–Trinajstić information content (AvgIpc) is 3.36. The highest BCUT2D eigenvalue weighted by Crippen LogP contribution is 2.46. The number of aryl methyl sites for hydroxylation is 1. The van der Waals surface area contributed by atoms with Gasteiger partial charge in [-0.3, -0.25) is 9.59 Å². The number of rotatable bonds is 6. The van der Waals surface area contributed by atoms with Crippen LogP contribution in [0.1, 0.15) is 132 Å². The fourth-order valence-corrected chi connectivity index (χ4v) is 10.5. The third kappa shape index (κ3) is 10.5. The Morgan fingerprint density at radius 1 is 0.939 bits per heavy atom. The normalized spacial score (nSPS) is 30.4. The number of cyclic esters (lactones) is 1. The van der Waals surface area contributed by atoms with Crippen LogP contribution < -0.4 is 0 Å². The Hall–Kier alpha value is -1.14. The summed E-state index contributed by atoms with van der Waals surface area (Å²) in [5, 5.41) is 3.01. The minimum Gasteiger partial charge on any atom is -0.458 e. The second-order valence-corrected chi connectivity index (χ2v) is 29.8. The Labute approximate surface area is 306 Å². The zero-order valence-corrected chi connectivity index (χ0v) is 36.9. The Kier molecular flexibility index (Phi) is 13.7. The van der Waals surface area contributed by atoms with Crippen LogP contribution in [0, 0.1) is 36.0 Å². The Morgan fingerprint density at radius 3 is 2.02 bits per heavy atom. The van der Waals surface area contributed by atoms with Crippen LogP contribution in [0.2, 0.25) is 36.3 Å². The molecule has 1 unspecified atom stereocenters. The molecule has 9 heteroatoms.